The molecule has 0 saturated carbocycles. The zero-order chi connectivity index (χ0) is 17.6. The molecule has 2 aromatic rings. The summed E-state index contributed by atoms with van der Waals surface area (Å²) in [5, 5.41) is 3.00. The summed E-state index contributed by atoms with van der Waals surface area (Å²) < 4.78 is 5.80. The third-order valence-corrected chi connectivity index (χ3v) is 4.58. The number of carbonyl (C=O) groups is 1. The van der Waals surface area contributed by atoms with Crippen LogP contribution in [0.5, 0.6) is 5.75 Å². The summed E-state index contributed by atoms with van der Waals surface area (Å²) >= 11 is 0. The largest absolute Gasteiger partial charge is 0.491 e. The van der Waals surface area contributed by atoms with Gasteiger partial charge in [0.25, 0.3) is 5.91 Å². The van der Waals surface area contributed by atoms with Gasteiger partial charge in [0.1, 0.15) is 5.75 Å². The molecule has 1 heterocycles. The Morgan fingerprint density at radius 1 is 1.16 bits per heavy atom. The summed E-state index contributed by atoms with van der Waals surface area (Å²) in [5.41, 5.74) is 2.60. The third-order valence-electron chi connectivity index (χ3n) is 4.58. The van der Waals surface area contributed by atoms with E-state index >= 15 is 0 Å². The lowest BCUT2D eigenvalue weighted by Gasteiger charge is -2.18. The van der Waals surface area contributed by atoms with Gasteiger partial charge < -0.3 is 15.0 Å². The molecule has 0 aliphatic carbocycles. The number of ether oxygens (including phenoxy) is 1. The molecule has 1 N–H and O–H groups in total. The molecule has 1 saturated heterocycles. The van der Waals surface area contributed by atoms with Crippen molar-refractivity contribution in [3.8, 4) is 5.75 Å². The number of nitrogens with one attached hydrogen (secondary N) is 1. The van der Waals surface area contributed by atoms with Crippen LogP contribution >= 0.6 is 0 Å². The van der Waals surface area contributed by atoms with Gasteiger partial charge in [0, 0.05) is 30.0 Å². The summed E-state index contributed by atoms with van der Waals surface area (Å²) in [6, 6.07) is 15.4. The molecule has 4 nitrogen and oxygen atoms in total. The Labute approximate surface area is 149 Å². The zero-order valence-electron chi connectivity index (χ0n) is 15.0. The highest BCUT2D eigenvalue weighted by Gasteiger charge is 2.13. The van der Waals surface area contributed by atoms with Gasteiger partial charge in [0.15, 0.2) is 0 Å². The Morgan fingerprint density at radius 3 is 2.68 bits per heavy atom. The Balaban J connectivity index is 1.69. The Bertz CT molecular complexity index is 723. The van der Waals surface area contributed by atoms with Crippen molar-refractivity contribution in [1.82, 2.24) is 0 Å². The average molecular weight is 338 g/mol. The number of hydrogen-bond donors (Lipinski definition) is 1. The van der Waals surface area contributed by atoms with Crippen LogP contribution in [0.15, 0.2) is 48.5 Å². The quantitative estimate of drug-likeness (QED) is 0.829. The van der Waals surface area contributed by atoms with E-state index < -0.39 is 0 Å². The lowest BCUT2D eigenvalue weighted by Crippen LogP contribution is -2.18. The molecule has 1 fully saturated rings. The molecule has 3 rings (SSSR count). The standard InChI is InChI=1S/C21H26N2O2/c1-3-16(2)25-20-11-6-8-17(14-20)21(24)22-18-9-7-10-19(15-18)23-12-4-5-13-23/h6-11,14-16H,3-5,12-13H2,1-2H3,(H,22,24). The monoisotopic (exact) mass is 338 g/mol. The highest BCUT2D eigenvalue weighted by atomic mass is 16.5. The molecule has 4 heteroatoms. The molecule has 25 heavy (non-hydrogen) atoms. The van der Waals surface area contributed by atoms with E-state index in [1.165, 1.54) is 18.5 Å². The fourth-order valence-corrected chi connectivity index (χ4v) is 2.99. The van der Waals surface area contributed by atoms with Crippen molar-refractivity contribution in [3.63, 3.8) is 0 Å². The van der Waals surface area contributed by atoms with Crippen molar-refractivity contribution in [2.24, 2.45) is 0 Å². The van der Waals surface area contributed by atoms with Crippen molar-refractivity contribution in [2.45, 2.75) is 39.2 Å². The summed E-state index contributed by atoms with van der Waals surface area (Å²) in [6.45, 7) is 6.28. The number of amides is 1. The Kier molecular flexibility index (Phi) is 5.59. The smallest absolute Gasteiger partial charge is 0.255 e. The van der Waals surface area contributed by atoms with Gasteiger partial charge in [-0.15, -0.1) is 0 Å². The number of carbonyl (C=O) groups excluding carboxylic acids is 1. The lowest BCUT2D eigenvalue weighted by atomic mass is 10.2. The van der Waals surface area contributed by atoms with Crippen molar-refractivity contribution in [2.75, 3.05) is 23.3 Å². The van der Waals surface area contributed by atoms with Crippen LogP contribution < -0.4 is 15.0 Å². The molecule has 1 aliphatic heterocycles. The molecule has 1 unspecified atom stereocenters. The molecule has 0 radical (unpaired) electrons. The average Bonchev–Trinajstić information content (AvgIpc) is 3.17. The molecule has 132 valence electrons. The van der Waals surface area contributed by atoms with Gasteiger partial charge in [0.05, 0.1) is 6.10 Å². The molecular formula is C21H26N2O2. The number of hydrogen-bond acceptors (Lipinski definition) is 3. The normalized spacial score (nSPS) is 15.0. The van der Waals surface area contributed by atoms with E-state index in [1.807, 2.05) is 43.3 Å². The number of anilines is 2. The predicted molar refractivity (Wildman–Crippen MR) is 103 cm³/mol. The Hall–Kier alpha value is -2.49. The van der Waals surface area contributed by atoms with Crippen molar-refractivity contribution in [1.29, 1.82) is 0 Å². The zero-order valence-corrected chi connectivity index (χ0v) is 15.0. The molecule has 0 bridgehead atoms. The second kappa shape index (κ2) is 8.06. The van der Waals surface area contributed by atoms with Crippen LogP contribution in [-0.4, -0.2) is 25.1 Å². The maximum Gasteiger partial charge on any atom is 0.255 e. The highest BCUT2D eigenvalue weighted by Crippen LogP contribution is 2.24. The van der Waals surface area contributed by atoms with Gasteiger partial charge in [0.2, 0.25) is 0 Å². The molecule has 0 spiro atoms. The number of nitrogens with zero attached hydrogens (tertiary/aromatic N) is 1. The minimum atomic E-state index is -0.117. The van der Waals surface area contributed by atoms with Crippen LogP contribution in [0.25, 0.3) is 0 Å². The van der Waals surface area contributed by atoms with Crippen molar-refractivity contribution < 1.29 is 9.53 Å². The van der Waals surface area contributed by atoms with Crippen LogP contribution in [0.1, 0.15) is 43.5 Å². The van der Waals surface area contributed by atoms with E-state index in [-0.39, 0.29) is 12.0 Å². The van der Waals surface area contributed by atoms with Crippen LogP contribution in [-0.2, 0) is 0 Å². The van der Waals surface area contributed by atoms with E-state index in [4.69, 9.17) is 4.74 Å². The molecule has 1 atom stereocenters. The first-order chi connectivity index (χ1) is 12.2. The van der Waals surface area contributed by atoms with E-state index in [2.05, 4.69) is 23.2 Å². The number of rotatable bonds is 6. The minimum absolute atomic E-state index is 0.117. The fraction of sp³-hybridized carbons (Fsp3) is 0.381. The van der Waals surface area contributed by atoms with Crippen LogP contribution in [0.3, 0.4) is 0 Å². The molecule has 2 aromatic carbocycles. The topological polar surface area (TPSA) is 41.6 Å². The minimum Gasteiger partial charge on any atom is -0.491 e. The fourth-order valence-electron chi connectivity index (χ4n) is 2.99. The van der Waals surface area contributed by atoms with Gasteiger partial charge >= 0.3 is 0 Å². The second-order valence-electron chi connectivity index (χ2n) is 6.56. The summed E-state index contributed by atoms with van der Waals surface area (Å²) in [4.78, 5) is 14.9. The van der Waals surface area contributed by atoms with Crippen molar-refractivity contribution in [3.05, 3.63) is 54.1 Å². The first-order valence-corrected chi connectivity index (χ1v) is 9.09. The predicted octanol–water partition coefficient (Wildman–Crippen LogP) is 4.72. The molecule has 1 amide bonds. The van der Waals surface area contributed by atoms with E-state index in [0.29, 0.717) is 5.56 Å². The molecule has 0 aromatic heterocycles. The van der Waals surface area contributed by atoms with Gasteiger partial charge in [-0.25, -0.2) is 0 Å². The first-order valence-electron chi connectivity index (χ1n) is 9.09. The second-order valence-corrected chi connectivity index (χ2v) is 6.56. The van der Waals surface area contributed by atoms with E-state index in [9.17, 15) is 4.79 Å². The maximum absolute atomic E-state index is 12.6. The van der Waals surface area contributed by atoms with Crippen LogP contribution in [0, 0.1) is 0 Å². The van der Waals surface area contributed by atoms with Gasteiger partial charge in [-0.3, -0.25) is 4.79 Å². The molecule has 1 aliphatic rings. The first kappa shape index (κ1) is 17.3. The Morgan fingerprint density at radius 2 is 1.92 bits per heavy atom. The van der Waals surface area contributed by atoms with Gasteiger partial charge in [-0.2, -0.15) is 0 Å². The highest BCUT2D eigenvalue weighted by molar-refractivity contribution is 6.04. The molecular weight excluding hydrogens is 312 g/mol. The third kappa shape index (κ3) is 4.53. The SMILES string of the molecule is CCC(C)Oc1cccc(C(=O)Nc2cccc(N3CCCC3)c2)c1. The summed E-state index contributed by atoms with van der Waals surface area (Å²) in [5.74, 6) is 0.612. The maximum atomic E-state index is 12.6. The van der Waals surface area contributed by atoms with E-state index in [1.54, 1.807) is 6.07 Å². The lowest BCUT2D eigenvalue weighted by molar-refractivity contribution is 0.102. The van der Waals surface area contributed by atoms with Gasteiger partial charge in [-0.05, 0) is 62.6 Å². The summed E-state index contributed by atoms with van der Waals surface area (Å²) in [7, 11) is 0. The summed E-state index contributed by atoms with van der Waals surface area (Å²) in [6.07, 6.45) is 3.54. The van der Waals surface area contributed by atoms with Crippen LogP contribution in [0.2, 0.25) is 0 Å². The van der Waals surface area contributed by atoms with Crippen molar-refractivity contribution >= 4 is 17.3 Å². The number of benzene rings is 2. The van der Waals surface area contributed by atoms with Crippen LogP contribution in [0.4, 0.5) is 11.4 Å². The van der Waals surface area contributed by atoms with Gasteiger partial charge in [-0.1, -0.05) is 19.1 Å². The van der Waals surface area contributed by atoms with E-state index in [0.717, 1.165) is 30.9 Å².